The summed E-state index contributed by atoms with van der Waals surface area (Å²) in [7, 11) is -5.60. The first kappa shape index (κ1) is 16.0. The van der Waals surface area contributed by atoms with Gasteiger partial charge in [0, 0.05) is 23.1 Å². The lowest BCUT2D eigenvalue weighted by atomic mass is 10.3. The van der Waals surface area contributed by atoms with Gasteiger partial charge in [-0.25, -0.2) is 16.8 Å². The van der Waals surface area contributed by atoms with Gasteiger partial charge in [-0.2, -0.15) is 4.31 Å². The van der Waals surface area contributed by atoms with E-state index in [1.807, 2.05) is 0 Å². The molecule has 20 heavy (non-hydrogen) atoms. The quantitative estimate of drug-likeness (QED) is 0.826. The Hall–Kier alpha value is -0.340. The SMILES string of the molecule is CN([C@@H]1CCS(=O)(=O)C1)S(=O)(=O)c1cc(Cl)cc(Cl)c1. The van der Waals surface area contributed by atoms with E-state index >= 15 is 0 Å². The number of hydrogen-bond donors (Lipinski definition) is 0. The van der Waals surface area contributed by atoms with Crippen molar-refractivity contribution in [1.29, 1.82) is 0 Å². The Morgan fingerprint density at radius 3 is 2.20 bits per heavy atom. The molecule has 9 heteroatoms. The lowest BCUT2D eigenvalue weighted by Gasteiger charge is -2.23. The van der Waals surface area contributed by atoms with Crippen molar-refractivity contribution in [2.45, 2.75) is 17.4 Å². The third kappa shape index (κ3) is 3.28. The lowest BCUT2D eigenvalue weighted by molar-refractivity contribution is 0.394. The zero-order valence-corrected chi connectivity index (χ0v) is 13.7. The summed E-state index contributed by atoms with van der Waals surface area (Å²) >= 11 is 11.6. The van der Waals surface area contributed by atoms with E-state index in [1.165, 1.54) is 25.2 Å². The van der Waals surface area contributed by atoms with Gasteiger partial charge in [0.25, 0.3) is 0 Å². The van der Waals surface area contributed by atoms with Crippen LogP contribution in [0.15, 0.2) is 23.1 Å². The minimum Gasteiger partial charge on any atom is -0.229 e. The summed E-state index contributed by atoms with van der Waals surface area (Å²) in [5.41, 5.74) is 0. The second-order valence-corrected chi connectivity index (χ2v) is 9.78. The number of nitrogens with zero attached hydrogens (tertiary/aromatic N) is 1. The third-order valence-corrected chi connectivity index (χ3v) is 7.31. The van der Waals surface area contributed by atoms with E-state index in [0.29, 0.717) is 6.42 Å². The van der Waals surface area contributed by atoms with Crippen molar-refractivity contribution in [3.05, 3.63) is 28.2 Å². The van der Waals surface area contributed by atoms with Crippen LogP contribution in [0.1, 0.15) is 6.42 Å². The molecule has 0 spiro atoms. The van der Waals surface area contributed by atoms with Crippen LogP contribution in [0, 0.1) is 0 Å². The normalized spacial score (nSPS) is 22.3. The molecule has 0 N–H and O–H groups in total. The Labute approximate surface area is 128 Å². The summed E-state index contributed by atoms with van der Waals surface area (Å²) in [6, 6.07) is 3.47. The minimum atomic E-state index is -3.82. The largest absolute Gasteiger partial charge is 0.243 e. The molecule has 1 saturated heterocycles. The molecule has 1 aromatic rings. The molecule has 1 atom stereocenters. The standard InChI is InChI=1S/C11H13Cl2NO4S2/c1-14(10-2-3-19(15,16)7-10)20(17,18)11-5-8(12)4-9(13)6-11/h4-6,10H,2-3,7H2,1H3/t10-/m1/s1. The molecule has 0 radical (unpaired) electrons. The first-order chi connectivity index (χ1) is 9.12. The van der Waals surface area contributed by atoms with Crippen LogP contribution in [-0.2, 0) is 19.9 Å². The highest BCUT2D eigenvalue weighted by atomic mass is 35.5. The third-order valence-electron chi connectivity index (χ3n) is 3.24. The summed E-state index contributed by atoms with van der Waals surface area (Å²) in [6.07, 6.45) is 0.298. The molecule has 1 aliphatic heterocycles. The van der Waals surface area contributed by atoms with Crippen LogP contribution in [-0.4, -0.2) is 45.7 Å². The molecule has 0 saturated carbocycles. The number of sulfonamides is 1. The van der Waals surface area contributed by atoms with Gasteiger partial charge in [0.05, 0.1) is 16.4 Å². The van der Waals surface area contributed by atoms with E-state index in [-0.39, 0.29) is 26.4 Å². The average Bonchev–Trinajstić information content (AvgIpc) is 2.67. The van der Waals surface area contributed by atoms with E-state index in [2.05, 4.69) is 0 Å². The molecular formula is C11H13Cl2NO4S2. The second kappa shape index (κ2) is 5.46. The fraction of sp³-hybridized carbons (Fsp3) is 0.455. The van der Waals surface area contributed by atoms with E-state index in [0.717, 1.165) is 4.31 Å². The van der Waals surface area contributed by atoms with Gasteiger partial charge in [-0.1, -0.05) is 23.2 Å². The zero-order valence-electron chi connectivity index (χ0n) is 10.6. The van der Waals surface area contributed by atoms with Gasteiger partial charge in [0.15, 0.2) is 9.84 Å². The van der Waals surface area contributed by atoms with Crippen LogP contribution in [0.4, 0.5) is 0 Å². The highest BCUT2D eigenvalue weighted by Gasteiger charge is 2.36. The van der Waals surface area contributed by atoms with Crippen molar-refractivity contribution in [2.24, 2.45) is 0 Å². The van der Waals surface area contributed by atoms with Gasteiger partial charge in [-0.3, -0.25) is 0 Å². The van der Waals surface area contributed by atoms with E-state index in [4.69, 9.17) is 23.2 Å². The molecule has 1 fully saturated rings. The molecule has 1 aliphatic rings. The van der Waals surface area contributed by atoms with Gasteiger partial charge in [0.1, 0.15) is 0 Å². The molecule has 112 valence electrons. The predicted octanol–water partition coefficient (Wildman–Crippen LogP) is 1.80. The number of rotatable bonds is 3. The van der Waals surface area contributed by atoms with Crippen molar-refractivity contribution < 1.29 is 16.8 Å². The van der Waals surface area contributed by atoms with Gasteiger partial charge in [-0.15, -0.1) is 0 Å². The molecule has 0 unspecified atom stereocenters. The van der Waals surface area contributed by atoms with E-state index in [1.54, 1.807) is 0 Å². The number of sulfone groups is 1. The fourth-order valence-electron chi connectivity index (χ4n) is 2.10. The molecule has 0 bridgehead atoms. The smallest absolute Gasteiger partial charge is 0.229 e. The topological polar surface area (TPSA) is 71.5 Å². The van der Waals surface area contributed by atoms with Gasteiger partial charge < -0.3 is 0 Å². The summed E-state index contributed by atoms with van der Waals surface area (Å²) in [6.45, 7) is 0. The average molecular weight is 358 g/mol. The van der Waals surface area contributed by atoms with Crippen LogP contribution >= 0.6 is 23.2 Å². The number of halogens is 2. The van der Waals surface area contributed by atoms with Crippen molar-refractivity contribution in [2.75, 3.05) is 18.6 Å². The first-order valence-corrected chi connectivity index (χ1v) is 9.78. The Bertz CT molecular complexity index is 711. The summed E-state index contributed by atoms with van der Waals surface area (Å²) < 4.78 is 48.9. The van der Waals surface area contributed by atoms with Crippen molar-refractivity contribution >= 4 is 43.1 Å². The lowest BCUT2D eigenvalue weighted by Crippen LogP contribution is -2.37. The van der Waals surface area contributed by atoms with E-state index < -0.39 is 25.9 Å². The minimum absolute atomic E-state index is 0.00777. The van der Waals surface area contributed by atoms with Gasteiger partial charge in [0.2, 0.25) is 10.0 Å². The van der Waals surface area contributed by atoms with Crippen LogP contribution in [0.3, 0.4) is 0 Å². The number of hydrogen-bond acceptors (Lipinski definition) is 4. The highest BCUT2D eigenvalue weighted by Crippen LogP contribution is 2.27. The van der Waals surface area contributed by atoms with Crippen LogP contribution in [0.2, 0.25) is 10.0 Å². The molecule has 0 amide bonds. The van der Waals surface area contributed by atoms with Crippen LogP contribution in [0.25, 0.3) is 0 Å². The van der Waals surface area contributed by atoms with Crippen LogP contribution < -0.4 is 0 Å². The summed E-state index contributed by atoms with van der Waals surface area (Å²) in [5, 5.41) is 0.423. The van der Waals surface area contributed by atoms with Crippen molar-refractivity contribution in [3.63, 3.8) is 0 Å². The molecule has 5 nitrogen and oxygen atoms in total. The fourth-order valence-corrected chi connectivity index (χ4v) is 6.08. The van der Waals surface area contributed by atoms with Crippen LogP contribution in [0.5, 0.6) is 0 Å². The maximum atomic E-state index is 12.4. The van der Waals surface area contributed by atoms with Crippen molar-refractivity contribution in [3.8, 4) is 0 Å². The molecule has 0 aromatic heterocycles. The summed E-state index contributed by atoms with van der Waals surface area (Å²) in [5.74, 6) is -0.148. The number of benzene rings is 1. The zero-order chi connectivity index (χ0) is 15.1. The van der Waals surface area contributed by atoms with Crippen molar-refractivity contribution in [1.82, 2.24) is 4.31 Å². The molecule has 1 aromatic carbocycles. The summed E-state index contributed by atoms with van der Waals surface area (Å²) in [4.78, 5) is -0.0400. The molecule has 2 rings (SSSR count). The molecule has 1 heterocycles. The Balaban J connectivity index is 2.35. The first-order valence-electron chi connectivity index (χ1n) is 5.76. The highest BCUT2D eigenvalue weighted by molar-refractivity contribution is 7.92. The van der Waals surface area contributed by atoms with Gasteiger partial charge >= 0.3 is 0 Å². The monoisotopic (exact) mass is 357 g/mol. The molecule has 0 aliphatic carbocycles. The van der Waals surface area contributed by atoms with E-state index in [9.17, 15) is 16.8 Å². The maximum Gasteiger partial charge on any atom is 0.243 e. The molecular weight excluding hydrogens is 345 g/mol. The Morgan fingerprint density at radius 2 is 1.75 bits per heavy atom. The second-order valence-electron chi connectivity index (χ2n) is 4.68. The maximum absolute atomic E-state index is 12.4. The Morgan fingerprint density at radius 1 is 1.20 bits per heavy atom. The predicted molar refractivity (Wildman–Crippen MR) is 78.5 cm³/mol. The Kier molecular flexibility index (Phi) is 4.37. The van der Waals surface area contributed by atoms with Gasteiger partial charge in [-0.05, 0) is 24.6 Å².